The van der Waals surface area contributed by atoms with E-state index >= 15 is 0 Å². The highest BCUT2D eigenvalue weighted by molar-refractivity contribution is 7.69. The lowest BCUT2D eigenvalue weighted by Gasteiger charge is -2.30. The number of hydrogen-bond acceptors (Lipinski definition) is 5. The van der Waals surface area contributed by atoms with Gasteiger partial charge in [0.1, 0.15) is 11.6 Å². The van der Waals surface area contributed by atoms with Gasteiger partial charge in [-0.25, -0.2) is 13.6 Å². The minimum absolute atomic E-state index is 0.302. The fourth-order valence-electron chi connectivity index (χ4n) is 2.44. The van der Waals surface area contributed by atoms with Gasteiger partial charge in [-0.1, -0.05) is 0 Å². The molecule has 0 radical (unpaired) electrons. The highest BCUT2D eigenvalue weighted by Gasteiger charge is 2.28. The third-order valence-corrected chi connectivity index (χ3v) is 4.14. The first-order valence-electron chi connectivity index (χ1n) is 7.30. The Morgan fingerprint density at radius 3 is 2.58 bits per heavy atom. The number of benzene rings is 2. The van der Waals surface area contributed by atoms with Crippen molar-refractivity contribution in [2.45, 2.75) is 19.6 Å². The number of hydrogen-bond donors (Lipinski definition) is 1. The van der Waals surface area contributed by atoms with Crippen LogP contribution >= 0.6 is 0 Å². The van der Waals surface area contributed by atoms with Crippen molar-refractivity contribution < 1.29 is 17.5 Å². The summed E-state index contributed by atoms with van der Waals surface area (Å²) in [4.78, 5) is 4.62. The van der Waals surface area contributed by atoms with Gasteiger partial charge in [0.25, 0.3) is 0 Å². The van der Waals surface area contributed by atoms with Gasteiger partial charge in [0, 0.05) is 17.2 Å². The Kier molecular flexibility index (Phi) is 4.38. The molecule has 3 rings (SSSR count). The van der Waals surface area contributed by atoms with Crippen LogP contribution in [0.4, 0.5) is 10.1 Å². The van der Waals surface area contributed by atoms with E-state index in [1.807, 2.05) is 13.8 Å². The van der Waals surface area contributed by atoms with E-state index in [1.165, 1.54) is 19.2 Å². The summed E-state index contributed by atoms with van der Waals surface area (Å²) in [5, 5.41) is 0. The average Bonchev–Trinajstić information content (AvgIpc) is 2.53. The third-order valence-electron chi connectivity index (χ3n) is 3.43. The molecule has 0 amide bonds. The van der Waals surface area contributed by atoms with Crippen molar-refractivity contribution in [3.63, 3.8) is 0 Å². The standard InChI is InChI=1S/C17H17FN2O3S/c1-17(2)19-16(11-4-6-12(18)7-5-11)14-9-8-13(10-15(14)23-17)20-24(21)22-3/h4-10,24H,1-3H3. The van der Waals surface area contributed by atoms with Crippen LogP contribution in [0.3, 0.4) is 0 Å². The molecule has 126 valence electrons. The summed E-state index contributed by atoms with van der Waals surface area (Å²) >= 11 is 0. The van der Waals surface area contributed by atoms with Crippen molar-refractivity contribution in [3.05, 3.63) is 59.4 Å². The van der Waals surface area contributed by atoms with Gasteiger partial charge in [-0.2, -0.15) is 4.36 Å². The van der Waals surface area contributed by atoms with Crippen LogP contribution in [-0.4, -0.2) is 22.8 Å². The zero-order valence-corrected chi connectivity index (χ0v) is 14.4. The van der Waals surface area contributed by atoms with Gasteiger partial charge in [0.2, 0.25) is 0 Å². The molecule has 5 nitrogen and oxygen atoms in total. The molecule has 0 spiro atoms. The van der Waals surface area contributed by atoms with E-state index in [4.69, 9.17) is 4.74 Å². The van der Waals surface area contributed by atoms with Gasteiger partial charge in [-0.05, 0) is 50.2 Å². The minimum Gasteiger partial charge on any atom is -0.466 e. The molecule has 1 atom stereocenters. The Balaban J connectivity index is 2.11. The average molecular weight is 348 g/mol. The zero-order valence-electron chi connectivity index (χ0n) is 13.5. The fraction of sp³-hybridized carbons (Fsp3) is 0.235. The van der Waals surface area contributed by atoms with E-state index in [0.717, 1.165) is 11.1 Å². The third kappa shape index (κ3) is 3.47. The van der Waals surface area contributed by atoms with Crippen LogP contribution in [0, 0.1) is 5.82 Å². The predicted octanol–water partition coefficient (Wildman–Crippen LogP) is 3.65. The first-order chi connectivity index (χ1) is 11.4. The summed E-state index contributed by atoms with van der Waals surface area (Å²) in [6, 6.07) is 11.4. The van der Waals surface area contributed by atoms with Gasteiger partial charge in [0.05, 0.1) is 18.5 Å². The predicted molar refractivity (Wildman–Crippen MR) is 91.8 cm³/mol. The number of rotatable bonds is 3. The number of halogens is 1. The van der Waals surface area contributed by atoms with Crippen LogP contribution in [-0.2, 0) is 15.1 Å². The molecule has 7 heteroatoms. The molecule has 2 aromatic rings. The molecule has 0 N–H and O–H groups in total. The fourth-order valence-corrected chi connectivity index (χ4v) is 2.83. The van der Waals surface area contributed by atoms with Crippen LogP contribution in [0.2, 0.25) is 0 Å². The number of aliphatic imine (C=N–C) groups is 1. The summed E-state index contributed by atoms with van der Waals surface area (Å²) in [6.45, 7) is 3.66. The van der Waals surface area contributed by atoms with Crippen molar-refractivity contribution >= 4 is 22.3 Å². The normalized spacial score (nSPS) is 16.9. The Bertz CT molecular complexity index is 885. The first kappa shape index (κ1) is 16.6. The van der Waals surface area contributed by atoms with Crippen LogP contribution in [0.1, 0.15) is 25.0 Å². The van der Waals surface area contributed by atoms with Crippen LogP contribution < -0.4 is 4.74 Å². The van der Waals surface area contributed by atoms with E-state index in [9.17, 15) is 8.60 Å². The molecule has 1 aliphatic heterocycles. The summed E-state index contributed by atoms with van der Waals surface area (Å²) in [6.07, 6.45) is 0. The minimum atomic E-state index is -2.10. The molecular weight excluding hydrogens is 331 g/mol. The highest BCUT2D eigenvalue weighted by Crippen LogP contribution is 2.35. The monoisotopic (exact) mass is 348 g/mol. The van der Waals surface area contributed by atoms with E-state index in [2.05, 4.69) is 13.5 Å². The smallest absolute Gasteiger partial charge is 0.195 e. The maximum absolute atomic E-state index is 13.2. The Hall–Kier alpha value is -2.25. The molecule has 0 aromatic heterocycles. The molecule has 1 unspecified atom stereocenters. The van der Waals surface area contributed by atoms with E-state index in [0.29, 0.717) is 17.1 Å². The van der Waals surface area contributed by atoms with E-state index in [1.54, 1.807) is 30.3 Å². The summed E-state index contributed by atoms with van der Waals surface area (Å²) in [5.41, 5.74) is 1.99. The van der Waals surface area contributed by atoms with Crippen LogP contribution in [0.15, 0.2) is 51.8 Å². The Morgan fingerprint density at radius 1 is 1.21 bits per heavy atom. The van der Waals surface area contributed by atoms with E-state index in [-0.39, 0.29) is 5.82 Å². The molecule has 1 aliphatic rings. The first-order valence-corrected chi connectivity index (χ1v) is 8.43. The molecule has 0 saturated carbocycles. The Morgan fingerprint density at radius 2 is 1.92 bits per heavy atom. The van der Waals surface area contributed by atoms with Crippen molar-refractivity contribution in [1.29, 1.82) is 0 Å². The lowest BCUT2D eigenvalue weighted by atomic mass is 9.98. The van der Waals surface area contributed by atoms with Gasteiger partial charge in [-0.3, -0.25) is 4.18 Å². The second-order valence-corrected chi connectivity index (χ2v) is 6.76. The summed E-state index contributed by atoms with van der Waals surface area (Å²) < 4.78 is 39.2. The summed E-state index contributed by atoms with van der Waals surface area (Å²) in [5.74, 6) is 0.276. The van der Waals surface area contributed by atoms with Crippen LogP contribution in [0.5, 0.6) is 5.75 Å². The topological polar surface area (TPSA) is 60.2 Å². The largest absolute Gasteiger partial charge is 0.466 e. The zero-order chi connectivity index (χ0) is 17.3. The van der Waals surface area contributed by atoms with Crippen molar-refractivity contribution in [3.8, 4) is 5.75 Å². The second kappa shape index (κ2) is 6.33. The SMILES string of the molecule is CO[SH](=O)=Nc1ccc2c(c1)OC(C)(C)N=C2c1ccc(F)cc1. The Labute approximate surface area is 141 Å². The van der Waals surface area contributed by atoms with Crippen molar-refractivity contribution in [1.82, 2.24) is 0 Å². The van der Waals surface area contributed by atoms with Gasteiger partial charge >= 0.3 is 0 Å². The van der Waals surface area contributed by atoms with E-state index < -0.39 is 16.6 Å². The molecule has 0 saturated heterocycles. The molecule has 24 heavy (non-hydrogen) atoms. The maximum atomic E-state index is 13.2. The second-order valence-electron chi connectivity index (χ2n) is 5.72. The van der Waals surface area contributed by atoms with Crippen molar-refractivity contribution in [2.24, 2.45) is 9.36 Å². The number of thiol groups is 1. The van der Waals surface area contributed by atoms with Gasteiger partial charge in [0.15, 0.2) is 16.6 Å². The lowest BCUT2D eigenvalue weighted by molar-refractivity contribution is 0.115. The maximum Gasteiger partial charge on any atom is 0.195 e. The quantitative estimate of drug-likeness (QED) is 0.862. The molecule has 0 aliphatic carbocycles. The molecule has 1 heterocycles. The highest BCUT2D eigenvalue weighted by atomic mass is 32.2. The summed E-state index contributed by atoms with van der Waals surface area (Å²) in [7, 11) is -0.770. The molecule has 0 bridgehead atoms. The lowest BCUT2D eigenvalue weighted by Crippen LogP contribution is -2.32. The number of nitrogens with zero attached hydrogens (tertiary/aromatic N) is 2. The number of ether oxygens (including phenoxy) is 1. The van der Waals surface area contributed by atoms with Gasteiger partial charge in [-0.15, -0.1) is 0 Å². The molecule has 2 aromatic carbocycles. The molecular formula is C17H17FN2O3S. The molecule has 0 fully saturated rings. The van der Waals surface area contributed by atoms with Crippen molar-refractivity contribution in [2.75, 3.05) is 7.11 Å². The number of fused-ring (bicyclic) bond motifs is 1. The van der Waals surface area contributed by atoms with Crippen LogP contribution in [0.25, 0.3) is 0 Å². The van der Waals surface area contributed by atoms with Gasteiger partial charge < -0.3 is 4.74 Å².